The van der Waals surface area contributed by atoms with Gasteiger partial charge in [-0.1, -0.05) is 18.2 Å². The molecule has 0 saturated carbocycles. The van der Waals surface area contributed by atoms with Crippen LogP contribution in [0.5, 0.6) is 5.75 Å². The molecule has 1 aromatic carbocycles. The van der Waals surface area contributed by atoms with Gasteiger partial charge in [0.1, 0.15) is 10.8 Å². The highest BCUT2D eigenvalue weighted by Gasteiger charge is 2.28. The molecule has 168 valence electrons. The van der Waals surface area contributed by atoms with E-state index in [0.717, 1.165) is 17.1 Å². The van der Waals surface area contributed by atoms with Gasteiger partial charge in [0.15, 0.2) is 0 Å². The van der Waals surface area contributed by atoms with E-state index >= 15 is 0 Å². The van der Waals surface area contributed by atoms with E-state index in [2.05, 4.69) is 21.7 Å². The van der Waals surface area contributed by atoms with Crippen LogP contribution in [-0.2, 0) is 11.2 Å². The SMILES string of the molecule is CCOc1ccccc1C(=O)N1CCC(C(=O)NCCc2csc(-c3cccs3)n2)CC1. The van der Waals surface area contributed by atoms with Crippen LogP contribution in [0.4, 0.5) is 0 Å². The molecular formula is C24H27N3O3S2. The highest BCUT2D eigenvalue weighted by Crippen LogP contribution is 2.28. The van der Waals surface area contributed by atoms with E-state index in [9.17, 15) is 9.59 Å². The summed E-state index contributed by atoms with van der Waals surface area (Å²) in [6.07, 6.45) is 2.07. The Bertz CT molecular complexity index is 1040. The van der Waals surface area contributed by atoms with Crippen LogP contribution in [0.2, 0.25) is 0 Å². The van der Waals surface area contributed by atoms with E-state index in [4.69, 9.17) is 4.74 Å². The Labute approximate surface area is 196 Å². The molecule has 0 atom stereocenters. The number of aromatic nitrogens is 1. The summed E-state index contributed by atoms with van der Waals surface area (Å²) in [5.74, 6) is 0.598. The molecule has 4 rings (SSSR count). The van der Waals surface area contributed by atoms with Crippen LogP contribution < -0.4 is 10.1 Å². The molecule has 1 aliphatic heterocycles. The number of likely N-dealkylation sites (tertiary alicyclic amines) is 1. The van der Waals surface area contributed by atoms with E-state index in [0.29, 0.717) is 50.4 Å². The number of hydrogen-bond acceptors (Lipinski definition) is 6. The van der Waals surface area contributed by atoms with Gasteiger partial charge in [-0.3, -0.25) is 9.59 Å². The number of carbonyl (C=O) groups excluding carboxylic acids is 2. The highest BCUT2D eigenvalue weighted by atomic mass is 32.1. The number of para-hydroxylation sites is 1. The monoisotopic (exact) mass is 469 g/mol. The van der Waals surface area contributed by atoms with Crippen LogP contribution in [0.1, 0.15) is 35.8 Å². The molecule has 1 aliphatic rings. The topological polar surface area (TPSA) is 71.5 Å². The second-order valence-electron chi connectivity index (χ2n) is 7.66. The van der Waals surface area contributed by atoms with Crippen molar-refractivity contribution in [1.29, 1.82) is 0 Å². The van der Waals surface area contributed by atoms with E-state index in [1.165, 1.54) is 4.88 Å². The molecule has 0 spiro atoms. The van der Waals surface area contributed by atoms with Crippen molar-refractivity contribution in [2.75, 3.05) is 26.2 Å². The molecule has 32 heavy (non-hydrogen) atoms. The molecule has 1 saturated heterocycles. The summed E-state index contributed by atoms with van der Waals surface area (Å²) in [5.41, 5.74) is 1.59. The fourth-order valence-electron chi connectivity index (χ4n) is 3.83. The van der Waals surface area contributed by atoms with Gasteiger partial charge < -0.3 is 15.0 Å². The van der Waals surface area contributed by atoms with Crippen molar-refractivity contribution in [1.82, 2.24) is 15.2 Å². The van der Waals surface area contributed by atoms with Crippen LogP contribution in [-0.4, -0.2) is 47.9 Å². The summed E-state index contributed by atoms with van der Waals surface area (Å²) >= 11 is 3.32. The molecule has 0 unspecified atom stereocenters. The summed E-state index contributed by atoms with van der Waals surface area (Å²) in [7, 11) is 0. The number of benzene rings is 1. The van der Waals surface area contributed by atoms with E-state index in [-0.39, 0.29) is 17.7 Å². The summed E-state index contributed by atoms with van der Waals surface area (Å²) in [6, 6.07) is 11.4. The number of carbonyl (C=O) groups is 2. The first-order chi connectivity index (χ1) is 15.7. The maximum Gasteiger partial charge on any atom is 0.257 e. The number of hydrogen-bond donors (Lipinski definition) is 1. The molecule has 1 N–H and O–H groups in total. The number of piperidine rings is 1. The number of thiophene rings is 1. The van der Waals surface area contributed by atoms with Crippen molar-refractivity contribution in [2.24, 2.45) is 5.92 Å². The van der Waals surface area contributed by atoms with Gasteiger partial charge >= 0.3 is 0 Å². The van der Waals surface area contributed by atoms with E-state index in [1.54, 1.807) is 28.7 Å². The lowest BCUT2D eigenvalue weighted by Crippen LogP contribution is -2.43. The van der Waals surface area contributed by atoms with Crippen molar-refractivity contribution in [3.8, 4) is 15.6 Å². The Hall–Kier alpha value is -2.71. The fraction of sp³-hybridized carbons (Fsp3) is 0.375. The van der Waals surface area contributed by atoms with Gasteiger partial charge in [0.2, 0.25) is 5.91 Å². The molecule has 8 heteroatoms. The first-order valence-corrected chi connectivity index (χ1v) is 12.7. The second-order valence-corrected chi connectivity index (χ2v) is 9.46. The molecule has 3 aromatic rings. The van der Waals surface area contributed by atoms with Crippen molar-refractivity contribution < 1.29 is 14.3 Å². The van der Waals surface area contributed by atoms with Crippen LogP contribution >= 0.6 is 22.7 Å². The van der Waals surface area contributed by atoms with Crippen molar-refractivity contribution in [3.05, 3.63) is 58.4 Å². The van der Waals surface area contributed by atoms with Gasteiger partial charge in [-0.15, -0.1) is 22.7 Å². The summed E-state index contributed by atoms with van der Waals surface area (Å²) in [5, 5.41) is 8.19. The zero-order valence-corrected chi connectivity index (χ0v) is 19.7. The van der Waals surface area contributed by atoms with Gasteiger partial charge in [0.25, 0.3) is 5.91 Å². The maximum atomic E-state index is 12.9. The minimum absolute atomic E-state index is 0.0296. The Morgan fingerprint density at radius 3 is 2.72 bits per heavy atom. The lowest BCUT2D eigenvalue weighted by Gasteiger charge is -2.31. The number of nitrogens with one attached hydrogen (secondary N) is 1. The number of thiazole rings is 1. The third kappa shape index (κ3) is 5.37. The third-order valence-corrected chi connectivity index (χ3v) is 7.46. The Morgan fingerprint density at radius 1 is 1.16 bits per heavy atom. The summed E-state index contributed by atoms with van der Waals surface area (Å²) in [4.78, 5) is 33.2. The lowest BCUT2D eigenvalue weighted by molar-refractivity contribution is -0.126. The Balaban J connectivity index is 1.23. The predicted octanol–water partition coefficient (Wildman–Crippen LogP) is 4.48. The van der Waals surface area contributed by atoms with Gasteiger partial charge in [-0.25, -0.2) is 4.98 Å². The van der Waals surface area contributed by atoms with Crippen LogP contribution in [0.3, 0.4) is 0 Å². The zero-order valence-electron chi connectivity index (χ0n) is 18.1. The standard InChI is InChI=1S/C24H27N3O3S2/c1-2-30-20-7-4-3-6-19(20)24(29)27-13-10-17(11-14-27)22(28)25-12-9-18-16-32-23(26-18)21-8-5-15-31-21/h3-8,15-17H,2,9-14H2,1H3,(H,25,28). The number of rotatable bonds is 8. The summed E-state index contributed by atoms with van der Waals surface area (Å²) < 4.78 is 5.60. The number of ether oxygens (including phenoxy) is 1. The molecule has 0 bridgehead atoms. The Morgan fingerprint density at radius 2 is 1.97 bits per heavy atom. The first kappa shape index (κ1) is 22.5. The average Bonchev–Trinajstić information content (AvgIpc) is 3.51. The van der Waals surface area contributed by atoms with Gasteiger partial charge in [-0.2, -0.15) is 0 Å². The second kappa shape index (κ2) is 10.7. The minimum Gasteiger partial charge on any atom is -0.493 e. The molecular weight excluding hydrogens is 442 g/mol. The van der Waals surface area contributed by atoms with Crippen molar-refractivity contribution >= 4 is 34.5 Å². The van der Waals surface area contributed by atoms with Crippen LogP contribution in [0.25, 0.3) is 9.88 Å². The first-order valence-electron chi connectivity index (χ1n) is 10.9. The fourth-order valence-corrected chi connectivity index (χ4v) is 5.50. The molecule has 2 amide bonds. The van der Waals surface area contributed by atoms with Crippen LogP contribution in [0, 0.1) is 5.92 Å². The maximum absolute atomic E-state index is 12.9. The van der Waals surface area contributed by atoms with Gasteiger partial charge in [-0.05, 0) is 43.3 Å². The van der Waals surface area contributed by atoms with Gasteiger partial charge in [0, 0.05) is 37.4 Å². The highest BCUT2D eigenvalue weighted by molar-refractivity contribution is 7.20. The quantitative estimate of drug-likeness (QED) is 0.528. The van der Waals surface area contributed by atoms with E-state index in [1.807, 2.05) is 41.5 Å². The Kier molecular flexibility index (Phi) is 7.55. The number of nitrogens with zero attached hydrogens (tertiary/aromatic N) is 2. The predicted molar refractivity (Wildman–Crippen MR) is 128 cm³/mol. The third-order valence-electron chi connectivity index (χ3n) is 5.53. The molecule has 2 aromatic heterocycles. The molecule has 0 aliphatic carbocycles. The van der Waals surface area contributed by atoms with Crippen molar-refractivity contribution in [3.63, 3.8) is 0 Å². The largest absolute Gasteiger partial charge is 0.493 e. The van der Waals surface area contributed by atoms with Crippen molar-refractivity contribution in [2.45, 2.75) is 26.2 Å². The molecule has 0 radical (unpaired) electrons. The molecule has 1 fully saturated rings. The lowest BCUT2D eigenvalue weighted by atomic mass is 9.95. The smallest absolute Gasteiger partial charge is 0.257 e. The minimum atomic E-state index is -0.0571. The van der Waals surface area contributed by atoms with E-state index < -0.39 is 0 Å². The molecule has 3 heterocycles. The average molecular weight is 470 g/mol. The molecule has 6 nitrogen and oxygen atoms in total. The zero-order chi connectivity index (χ0) is 22.3. The number of amides is 2. The van der Waals surface area contributed by atoms with Gasteiger partial charge in [0.05, 0.1) is 22.7 Å². The normalized spacial score (nSPS) is 14.3. The van der Waals surface area contributed by atoms with Crippen LogP contribution in [0.15, 0.2) is 47.2 Å². The summed E-state index contributed by atoms with van der Waals surface area (Å²) in [6.45, 7) is 4.15.